The summed E-state index contributed by atoms with van der Waals surface area (Å²) in [4.78, 5) is 17.1. The molecule has 4 nitrogen and oxygen atoms in total. The minimum Gasteiger partial charge on any atom is -0.386 e. The quantitative estimate of drug-likeness (QED) is 0.691. The van der Waals surface area contributed by atoms with Crippen LogP contribution in [-0.4, -0.2) is 15.5 Å². The van der Waals surface area contributed by atoms with E-state index in [9.17, 15) is 4.79 Å². The molecule has 0 radical (unpaired) electrons. The van der Waals surface area contributed by atoms with Crippen LogP contribution < -0.4 is 0 Å². The fourth-order valence-corrected chi connectivity index (χ4v) is 3.33. The van der Waals surface area contributed by atoms with E-state index in [0.717, 1.165) is 47.2 Å². The molecule has 1 saturated carbocycles. The summed E-state index contributed by atoms with van der Waals surface area (Å²) in [5.74, 6) is 1.77. The minimum absolute atomic E-state index is 0.201. The molecule has 1 aromatic carbocycles. The lowest BCUT2D eigenvalue weighted by Crippen LogP contribution is -2.15. The van der Waals surface area contributed by atoms with Crippen LogP contribution in [0.3, 0.4) is 0 Å². The summed E-state index contributed by atoms with van der Waals surface area (Å²) < 4.78 is 7.56. The molecule has 0 aliphatic heterocycles. The SMILES string of the molecule is CCC(=O)OSc1ccc2c(c1)nc(CC(C)(C)C)n2CC1CC1. The molecule has 3 rings (SSSR count). The van der Waals surface area contributed by atoms with Gasteiger partial charge in [0.05, 0.1) is 28.0 Å². The van der Waals surface area contributed by atoms with Crippen LogP contribution >= 0.6 is 12.0 Å². The zero-order chi connectivity index (χ0) is 17.3. The molecule has 0 spiro atoms. The number of benzene rings is 1. The minimum atomic E-state index is -0.201. The number of carbonyl (C=O) groups excluding carboxylic acids is 1. The molecule has 5 heteroatoms. The second-order valence-corrected chi connectivity index (χ2v) is 8.67. The maximum atomic E-state index is 11.3. The molecule has 0 atom stereocenters. The summed E-state index contributed by atoms with van der Waals surface area (Å²) in [5, 5.41) is 0. The van der Waals surface area contributed by atoms with Gasteiger partial charge in [0.25, 0.3) is 0 Å². The third-order valence-electron chi connectivity index (χ3n) is 4.14. The normalized spacial score (nSPS) is 15.0. The summed E-state index contributed by atoms with van der Waals surface area (Å²) in [5.41, 5.74) is 2.39. The summed E-state index contributed by atoms with van der Waals surface area (Å²) in [6.07, 6.45) is 4.01. The Balaban J connectivity index is 1.89. The van der Waals surface area contributed by atoms with Crippen molar-refractivity contribution >= 4 is 29.0 Å². The third-order valence-corrected chi connectivity index (χ3v) is 4.86. The summed E-state index contributed by atoms with van der Waals surface area (Å²) in [6.45, 7) is 9.61. The van der Waals surface area contributed by atoms with Gasteiger partial charge in [0.2, 0.25) is 0 Å². The van der Waals surface area contributed by atoms with E-state index in [1.807, 2.05) is 12.1 Å². The van der Waals surface area contributed by atoms with Gasteiger partial charge in [-0.1, -0.05) is 27.7 Å². The zero-order valence-electron chi connectivity index (χ0n) is 15.0. The Morgan fingerprint density at radius 1 is 1.38 bits per heavy atom. The van der Waals surface area contributed by atoms with E-state index < -0.39 is 0 Å². The van der Waals surface area contributed by atoms with E-state index >= 15 is 0 Å². The summed E-state index contributed by atoms with van der Waals surface area (Å²) in [7, 11) is 0. The molecular weight excluding hydrogens is 320 g/mol. The number of rotatable bonds is 6. The van der Waals surface area contributed by atoms with Gasteiger partial charge in [0.15, 0.2) is 0 Å². The van der Waals surface area contributed by atoms with E-state index in [0.29, 0.717) is 6.42 Å². The lowest BCUT2D eigenvalue weighted by Gasteiger charge is -2.18. The molecule has 0 bridgehead atoms. The van der Waals surface area contributed by atoms with Crippen LogP contribution in [0.25, 0.3) is 11.0 Å². The van der Waals surface area contributed by atoms with Gasteiger partial charge < -0.3 is 8.75 Å². The topological polar surface area (TPSA) is 44.1 Å². The van der Waals surface area contributed by atoms with Gasteiger partial charge in [-0.2, -0.15) is 0 Å². The number of fused-ring (bicyclic) bond motifs is 1. The predicted molar refractivity (Wildman–Crippen MR) is 97.9 cm³/mol. The Labute approximate surface area is 148 Å². The number of hydrogen-bond acceptors (Lipinski definition) is 4. The van der Waals surface area contributed by atoms with Crippen LogP contribution in [0.15, 0.2) is 23.1 Å². The molecule has 1 heterocycles. The van der Waals surface area contributed by atoms with Gasteiger partial charge in [-0.3, -0.25) is 4.79 Å². The molecule has 1 fully saturated rings. The Hall–Kier alpha value is -1.49. The van der Waals surface area contributed by atoms with Crippen LogP contribution in [0.1, 0.15) is 52.8 Å². The van der Waals surface area contributed by atoms with Gasteiger partial charge in [0, 0.05) is 19.4 Å². The van der Waals surface area contributed by atoms with Crippen molar-refractivity contribution in [1.82, 2.24) is 9.55 Å². The first-order valence-electron chi connectivity index (χ1n) is 8.72. The average Bonchev–Trinajstić information content (AvgIpc) is 3.27. The van der Waals surface area contributed by atoms with Crippen molar-refractivity contribution in [3.63, 3.8) is 0 Å². The molecule has 130 valence electrons. The van der Waals surface area contributed by atoms with Crippen LogP contribution in [0.5, 0.6) is 0 Å². The Bertz CT molecular complexity index is 742. The highest BCUT2D eigenvalue weighted by atomic mass is 32.2. The molecule has 0 unspecified atom stereocenters. The average molecular weight is 346 g/mol. The van der Waals surface area contributed by atoms with Gasteiger partial charge >= 0.3 is 5.97 Å². The molecule has 1 aliphatic carbocycles. The van der Waals surface area contributed by atoms with Crippen molar-refractivity contribution in [1.29, 1.82) is 0 Å². The van der Waals surface area contributed by atoms with E-state index in [2.05, 4.69) is 31.4 Å². The molecule has 0 N–H and O–H groups in total. The second-order valence-electron chi connectivity index (χ2n) is 7.86. The molecule has 0 amide bonds. The molecular formula is C19H26N2O2S. The third kappa shape index (κ3) is 4.32. The summed E-state index contributed by atoms with van der Waals surface area (Å²) >= 11 is 1.12. The first-order chi connectivity index (χ1) is 11.4. The van der Waals surface area contributed by atoms with Crippen molar-refractivity contribution < 1.29 is 8.98 Å². The summed E-state index contributed by atoms with van der Waals surface area (Å²) in [6, 6.07) is 6.15. The van der Waals surface area contributed by atoms with Crippen molar-refractivity contribution in [3.05, 3.63) is 24.0 Å². The fraction of sp³-hybridized carbons (Fsp3) is 0.579. The van der Waals surface area contributed by atoms with Gasteiger partial charge in [-0.15, -0.1) is 0 Å². The van der Waals surface area contributed by atoms with E-state index in [-0.39, 0.29) is 11.4 Å². The molecule has 2 aromatic rings. The number of hydrogen-bond donors (Lipinski definition) is 0. The van der Waals surface area contributed by atoms with E-state index in [1.165, 1.54) is 18.4 Å². The number of imidazole rings is 1. The maximum Gasteiger partial charge on any atom is 0.317 e. The van der Waals surface area contributed by atoms with Crippen LogP contribution in [-0.2, 0) is 21.9 Å². The number of carbonyl (C=O) groups is 1. The number of nitrogens with zero attached hydrogens (tertiary/aromatic N) is 2. The Morgan fingerprint density at radius 3 is 2.75 bits per heavy atom. The Kier molecular flexibility index (Phi) is 4.90. The van der Waals surface area contributed by atoms with Crippen LogP contribution in [0.4, 0.5) is 0 Å². The van der Waals surface area contributed by atoms with Crippen LogP contribution in [0.2, 0.25) is 0 Å². The van der Waals surface area contributed by atoms with E-state index in [4.69, 9.17) is 9.17 Å². The van der Waals surface area contributed by atoms with Crippen molar-refractivity contribution in [2.45, 2.75) is 64.8 Å². The molecule has 1 aliphatic rings. The van der Waals surface area contributed by atoms with Crippen molar-refractivity contribution in [3.8, 4) is 0 Å². The lowest BCUT2D eigenvalue weighted by molar-refractivity contribution is -0.132. The van der Waals surface area contributed by atoms with Gasteiger partial charge in [-0.05, 0) is 42.4 Å². The smallest absolute Gasteiger partial charge is 0.317 e. The second kappa shape index (κ2) is 6.79. The van der Waals surface area contributed by atoms with Crippen LogP contribution in [0, 0.1) is 11.3 Å². The van der Waals surface area contributed by atoms with Crippen molar-refractivity contribution in [2.24, 2.45) is 11.3 Å². The Morgan fingerprint density at radius 2 is 2.12 bits per heavy atom. The maximum absolute atomic E-state index is 11.3. The standard InChI is InChI=1S/C19H26N2O2S/c1-5-18(22)23-24-14-8-9-16-15(10-14)20-17(11-19(2,3)4)21(16)12-13-6-7-13/h8-10,13H,5-7,11-12H2,1-4H3. The highest BCUT2D eigenvalue weighted by Crippen LogP contribution is 2.34. The predicted octanol–water partition coefficient (Wildman–Crippen LogP) is 5.00. The lowest BCUT2D eigenvalue weighted by atomic mass is 9.92. The first-order valence-corrected chi connectivity index (χ1v) is 9.46. The number of aromatic nitrogens is 2. The molecule has 1 aromatic heterocycles. The highest BCUT2D eigenvalue weighted by Gasteiger charge is 2.25. The van der Waals surface area contributed by atoms with Crippen molar-refractivity contribution in [2.75, 3.05) is 0 Å². The van der Waals surface area contributed by atoms with Gasteiger partial charge in [0.1, 0.15) is 5.82 Å². The van der Waals surface area contributed by atoms with E-state index in [1.54, 1.807) is 6.92 Å². The molecule has 24 heavy (non-hydrogen) atoms. The highest BCUT2D eigenvalue weighted by molar-refractivity contribution is 7.95. The largest absolute Gasteiger partial charge is 0.386 e. The fourth-order valence-electron chi connectivity index (χ4n) is 2.74. The monoisotopic (exact) mass is 346 g/mol. The zero-order valence-corrected chi connectivity index (χ0v) is 15.8. The molecule has 0 saturated heterocycles. The first kappa shape index (κ1) is 17.3. The van der Waals surface area contributed by atoms with Gasteiger partial charge in [-0.25, -0.2) is 4.98 Å².